The van der Waals surface area contributed by atoms with Crippen LogP contribution in [-0.4, -0.2) is 273 Å². The van der Waals surface area contributed by atoms with Crippen LogP contribution >= 0.6 is 0 Å². The molecule has 48 N–H and O–H groups in total. The van der Waals surface area contributed by atoms with Crippen LogP contribution in [0.3, 0.4) is 0 Å². The minimum Gasteiger partial charge on any atom is -0.481 e. The van der Waals surface area contributed by atoms with Gasteiger partial charge >= 0.3 is 5.97 Å². The molecule has 53 nitrogen and oxygen atoms in total. The van der Waals surface area contributed by atoms with Gasteiger partial charge in [-0.15, -0.1) is 0 Å². The molecule has 0 aliphatic rings. The first-order valence-corrected chi connectivity index (χ1v) is 48.3. The quantitative estimate of drug-likeness (QED) is 0.0111. The van der Waals surface area contributed by atoms with Crippen molar-refractivity contribution in [3.63, 3.8) is 0 Å². The molecule has 0 radical (unpaired) electrons. The number of carbonyl (C=O) groups is 14. The Bertz CT molecular complexity index is 4880. The number of carboxylic acid groups (broad SMARTS) is 1. The van der Waals surface area contributed by atoms with Gasteiger partial charge in [0.2, 0.25) is 76.8 Å². The number of benzene rings is 4. The molecule has 0 aliphatic heterocycles. The third kappa shape index (κ3) is 54.0. The van der Waals surface area contributed by atoms with Gasteiger partial charge in [-0.3, -0.25) is 110 Å². The van der Waals surface area contributed by atoms with Crippen molar-refractivity contribution in [3.8, 4) is 0 Å². The van der Waals surface area contributed by atoms with Gasteiger partial charge in [-0.1, -0.05) is 128 Å². The standard InChI is InChI=1S/C93H150N38O15/c94-60(32-16-43-113-86(95)96)74(135)128-68(52-56-24-6-1-7-25-56)82(143)125-62(34-18-45-115-88(99)100)76(137)122-66(38-22-49-119-92(107)108)80(141)130-70(54-58-28-10-3-11-29-58)84(145)127-64(36-20-47-117-90(103)104)78(139)124-67(39-23-50-120-93(109)110)81(142)131-71(55-59-30-12-4-13-31-59)85(146)126-63(35-19-46-116-89(101)102)77(138)123-65(37-21-48-118-91(105)106)79(140)129-69(53-57-26-8-2-9-27-57)83(144)121-61(33-17-44-114-87(97)98)75(136)112-42-15-5-14-40-72(132)111-51-41-73(133)134/h1-4,6-13,24-31,60-71H,5,14-23,32-55,94H2,(H,111,132)(H,112,136)(H,121,144)(H,122,137)(H,123,138)(H,124,139)(H,125,143)(H,126,146)(H,127,145)(H,128,135)(H,129,140)(H,130,141)(H,131,142)(H,133,134)(H4,95,96,113)(H4,97,98,114)(H4,99,100,115)(H4,101,102,116)(H4,103,104,117)(H4,105,106,118)(H4,107,108,119)(H4,109,110,120)/t60-,61-,62-,63-,64-,65-,66-,67-,68-,69-,70-,71-/m0/s1. The second-order valence-corrected chi connectivity index (χ2v) is 34.5. The Morgan fingerprint density at radius 2 is 0.404 bits per heavy atom. The highest BCUT2D eigenvalue weighted by Gasteiger charge is 2.38. The molecular formula is C93H150N38O15. The summed E-state index contributed by atoms with van der Waals surface area (Å²) in [5.74, 6) is -15.5. The van der Waals surface area contributed by atoms with Gasteiger partial charge in [-0.05, 0) is 138 Å². The Morgan fingerprint density at radius 3 is 0.623 bits per heavy atom. The molecule has 12 atom stereocenters. The third-order valence-electron chi connectivity index (χ3n) is 22.4. The van der Waals surface area contributed by atoms with Crippen molar-refractivity contribution >= 4 is 130 Å². The van der Waals surface area contributed by atoms with E-state index in [4.69, 9.17) is 100.0 Å². The van der Waals surface area contributed by atoms with E-state index in [1.54, 1.807) is 121 Å². The molecule has 53 heteroatoms. The Balaban J connectivity index is 1.80. The number of nitrogens with one attached hydrogen (secondary N) is 29. The summed E-state index contributed by atoms with van der Waals surface area (Å²) >= 11 is 0. The van der Waals surface area contributed by atoms with Crippen LogP contribution in [0, 0.1) is 43.3 Å². The first-order chi connectivity index (χ1) is 69.7. The summed E-state index contributed by atoms with van der Waals surface area (Å²) in [5, 5.41) is 128. The second-order valence-electron chi connectivity index (χ2n) is 34.5. The van der Waals surface area contributed by atoms with Crippen LogP contribution < -0.4 is 163 Å². The Labute approximate surface area is 847 Å². The van der Waals surface area contributed by atoms with Crippen LogP contribution in [0.1, 0.15) is 157 Å². The Hall–Kier alpha value is -16.4. The fourth-order valence-corrected chi connectivity index (χ4v) is 14.8. The molecule has 0 aliphatic carbocycles. The average Bonchev–Trinajstić information content (AvgIpc) is 0.848. The van der Waals surface area contributed by atoms with Crippen molar-refractivity contribution < 1.29 is 72.2 Å². The molecule has 0 fully saturated rings. The first-order valence-electron chi connectivity index (χ1n) is 48.3. The predicted octanol–water partition coefficient (Wildman–Crippen LogP) is -7.01. The zero-order chi connectivity index (χ0) is 108. The number of carboxylic acids is 1. The minimum atomic E-state index is -1.64. The zero-order valence-electron chi connectivity index (χ0n) is 82.1. The molecule has 0 saturated heterocycles. The van der Waals surface area contributed by atoms with Gasteiger partial charge < -0.3 is 168 Å². The van der Waals surface area contributed by atoms with E-state index in [-0.39, 0.29) is 218 Å². The molecule has 0 saturated carbocycles. The largest absolute Gasteiger partial charge is 0.481 e. The Morgan fingerprint density at radius 1 is 0.212 bits per heavy atom. The van der Waals surface area contributed by atoms with Crippen LogP contribution in [-0.2, 0) is 92.8 Å². The van der Waals surface area contributed by atoms with Gasteiger partial charge in [-0.25, -0.2) is 0 Å². The van der Waals surface area contributed by atoms with E-state index in [1.165, 1.54) is 0 Å². The van der Waals surface area contributed by atoms with Crippen LogP contribution in [0.4, 0.5) is 0 Å². The lowest BCUT2D eigenvalue weighted by Crippen LogP contribution is -2.61. The summed E-state index contributed by atoms with van der Waals surface area (Å²) < 4.78 is 0. The van der Waals surface area contributed by atoms with E-state index < -0.39 is 185 Å². The lowest BCUT2D eigenvalue weighted by molar-refractivity contribution is -0.137. The molecule has 4 rings (SSSR count). The monoisotopic (exact) mass is 2040 g/mol. The lowest BCUT2D eigenvalue weighted by atomic mass is 10.0. The predicted molar refractivity (Wildman–Crippen MR) is 550 cm³/mol. The molecule has 802 valence electrons. The molecule has 146 heavy (non-hydrogen) atoms. The van der Waals surface area contributed by atoms with Crippen molar-refractivity contribution in [1.29, 1.82) is 43.3 Å². The fraction of sp³-hybridized carbons (Fsp3) is 0.505. The SMILES string of the molecule is N=C(N)NCCC[C@H](NC(=O)[C@H](Cc1ccccc1)NC(=O)[C@H](CCCNC(=N)N)NC(=O)[C@H](CCCNC(=N)N)NC(=O)[C@H](Cc1ccccc1)NC(=O)[C@H](CCCNC(=N)N)NC(=O)[C@H](CCCNC(=N)N)NC(=O)[C@H](Cc1ccccc1)NC(=O)[C@H](CCCNC(=N)N)NC(=O)[C@H](CCCNC(=N)N)NC(=O)[C@H](Cc1ccccc1)NC(=O)[C@@H](N)CCCNC(=N)N)C(=O)NCCCCCC(=O)NCCC(=O)O. The van der Waals surface area contributed by atoms with E-state index in [0.717, 1.165) is 0 Å². The summed E-state index contributed by atoms with van der Waals surface area (Å²) in [6.45, 7) is 0.260. The van der Waals surface area contributed by atoms with Gasteiger partial charge in [0.15, 0.2) is 47.7 Å². The summed E-state index contributed by atoms with van der Waals surface area (Å²) in [4.78, 5) is 203. The topological polar surface area (TPSA) is 937 Å². The molecule has 4 aromatic carbocycles. The van der Waals surface area contributed by atoms with E-state index >= 15 is 38.4 Å². The molecule has 13 amide bonds. The maximum absolute atomic E-state index is 15.5. The summed E-state index contributed by atoms with van der Waals surface area (Å²) in [6, 6.07) is 15.7. The average molecular weight is 2040 g/mol. The number of rotatable bonds is 72. The number of hydrogen-bond acceptors (Lipinski definition) is 23. The van der Waals surface area contributed by atoms with E-state index in [1.807, 2.05) is 0 Å². The van der Waals surface area contributed by atoms with Gasteiger partial charge in [-0.2, -0.15) is 0 Å². The molecule has 0 unspecified atom stereocenters. The van der Waals surface area contributed by atoms with Gasteiger partial charge in [0, 0.05) is 97.6 Å². The highest BCUT2D eigenvalue weighted by atomic mass is 16.4. The molecule has 0 heterocycles. The number of amides is 13. The van der Waals surface area contributed by atoms with E-state index in [2.05, 4.69) is 112 Å². The van der Waals surface area contributed by atoms with Crippen molar-refractivity contribution in [3.05, 3.63) is 144 Å². The fourth-order valence-electron chi connectivity index (χ4n) is 14.8. The molecule has 0 spiro atoms. The summed E-state index contributed by atoms with van der Waals surface area (Å²) in [7, 11) is 0. The van der Waals surface area contributed by atoms with Crippen LogP contribution in [0.25, 0.3) is 0 Å². The van der Waals surface area contributed by atoms with E-state index in [9.17, 15) is 28.8 Å². The maximum atomic E-state index is 15.5. The summed E-state index contributed by atoms with van der Waals surface area (Å²) in [5.41, 5.74) is 53.3. The molecule has 0 bridgehead atoms. The molecule has 0 aromatic heterocycles. The van der Waals surface area contributed by atoms with Crippen molar-refractivity contribution in [2.45, 2.75) is 233 Å². The van der Waals surface area contributed by atoms with Crippen LogP contribution in [0.2, 0.25) is 0 Å². The summed E-state index contributed by atoms with van der Waals surface area (Å²) in [6.07, 6.45) is -0.324. The van der Waals surface area contributed by atoms with Gasteiger partial charge in [0.25, 0.3) is 0 Å². The lowest BCUT2D eigenvalue weighted by Gasteiger charge is -2.29. The zero-order valence-corrected chi connectivity index (χ0v) is 82.1. The van der Waals surface area contributed by atoms with Crippen molar-refractivity contribution in [2.75, 3.05) is 65.4 Å². The van der Waals surface area contributed by atoms with Gasteiger partial charge in [0.05, 0.1) is 12.5 Å². The van der Waals surface area contributed by atoms with Gasteiger partial charge in [0.1, 0.15) is 66.5 Å². The number of carbonyl (C=O) groups excluding carboxylic acids is 13. The minimum absolute atomic E-state index is 0.00409. The smallest absolute Gasteiger partial charge is 0.305 e. The second kappa shape index (κ2) is 69.5. The number of guanidine groups is 8. The molecule has 4 aromatic rings. The number of aliphatic carboxylic acids is 1. The Kier molecular flexibility index (Phi) is 58.0. The van der Waals surface area contributed by atoms with Crippen molar-refractivity contribution in [1.82, 2.24) is 112 Å². The van der Waals surface area contributed by atoms with Crippen LogP contribution in [0.15, 0.2) is 121 Å². The van der Waals surface area contributed by atoms with Crippen LogP contribution in [0.5, 0.6) is 0 Å². The van der Waals surface area contributed by atoms with E-state index in [0.29, 0.717) is 47.9 Å². The normalized spacial score (nSPS) is 13.2. The third-order valence-corrected chi connectivity index (χ3v) is 22.4. The van der Waals surface area contributed by atoms with Crippen molar-refractivity contribution in [2.24, 2.45) is 51.6 Å². The maximum Gasteiger partial charge on any atom is 0.305 e. The number of hydrogen-bond donors (Lipinski definition) is 39. The highest BCUT2D eigenvalue weighted by molar-refractivity contribution is 6.00. The highest BCUT2D eigenvalue weighted by Crippen LogP contribution is 2.16. The number of unbranched alkanes of at least 4 members (excludes halogenated alkanes) is 2. The molecular weight excluding hydrogens is 1890 g/mol. The number of nitrogens with two attached hydrogens (primary N) is 9. The first kappa shape index (κ1) is 122.